The number of amides is 1. The molecule has 2 heterocycles. The highest BCUT2D eigenvalue weighted by atomic mass is 16.5. The van der Waals surface area contributed by atoms with E-state index in [9.17, 15) is 9.59 Å². The molecule has 0 bridgehead atoms. The molecule has 0 aromatic rings. The highest BCUT2D eigenvalue weighted by molar-refractivity contribution is 5.93. The van der Waals surface area contributed by atoms with Crippen LogP contribution in [0.3, 0.4) is 0 Å². The molecule has 0 spiro atoms. The molecule has 0 aromatic heterocycles. The van der Waals surface area contributed by atoms with Crippen molar-refractivity contribution in [2.24, 2.45) is 0 Å². The minimum absolute atomic E-state index is 0.0601. The molecule has 2 rings (SSSR count). The van der Waals surface area contributed by atoms with Crippen LogP contribution in [0.5, 0.6) is 0 Å². The maximum Gasteiger partial charge on any atom is 0.225 e. The Morgan fingerprint density at radius 1 is 1.31 bits per heavy atom. The van der Waals surface area contributed by atoms with Crippen LogP contribution in [0.2, 0.25) is 0 Å². The topological polar surface area (TPSA) is 46.6 Å². The molecular formula is C9H13NO3. The number of ketones is 1. The summed E-state index contributed by atoms with van der Waals surface area (Å²) in [6.45, 7) is 0. The van der Waals surface area contributed by atoms with Gasteiger partial charge in [-0.1, -0.05) is 0 Å². The highest BCUT2D eigenvalue weighted by Crippen LogP contribution is 2.29. The number of ether oxygens (including phenoxy) is 1. The average molecular weight is 183 g/mol. The van der Waals surface area contributed by atoms with E-state index in [4.69, 9.17) is 4.74 Å². The summed E-state index contributed by atoms with van der Waals surface area (Å²) in [5.41, 5.74) is 0. The number of hydrogen-bond acceptors (Lipinski definition) is 3. The second kappa shape index (κ2) is 3.10. The third kappa shape index (κ3) is 1.25. The van der Waals surface area contributed by atoms with Crippen molar-refractivity contribution in [2.45, 2.75) is 38.0 Å². The first kappa shape index (κ1) is 8.69. The van der Waals surface area contributed by atoms with E-state index in [1.165, 1.54) is 0 Å². The summed E-state index contributed by atoms with van der Waals surface area (Å²) in [4.78, 5) is 24.5. The van der Waals surface area contributed by atoms with Crippen LogP contribution in [-0.4, -0.2) is 36.0 Å². The van der Waals surface area contributed by atoms with Gasteiger partial charge in [0.05, 0.1) is 6.04 Å². The zero-order valence-corrected chi connectivity index (χ0v) is 7.66. The van der Waals surface area contributed by atoms with Crippen molar-refractivity contribution in [1.82, 2.24) is 4.90 Å². The number of rotatable bonds is 1. The molecule has 2 atom stereocenters. The largest absolute Gasteiger partial charge is 0.361 e. The van der Waals surface area contributed by atoms with E-state index < -0.39 is 0 Å². The highest BCUT2D eigenvalue weighted by Gasteiger charge is 2.43. The first-order valence-corrected chi connectivity index (χ1v) is 4.60. The lowest BCUT2D eigenvalue weighted by molar-refractivity contribution is -0.154. The fourth-order valence-electron chi connectivity index (χ4n) is 2.18. The Labute approximate surface area is 76.8 Å². The Kier molecular flexibility index (Phi) is 2.07. The van der Waals surface area contributed by atoms with Gasteiger partial charge in [0, 0.05) is 20.0 Å². The Hall–Kier alpha value is -0.900. The van der Waals surface area contributed by atoms with Gasteiger partial charge in [-0.3, -0.25) is 9.59 Å². The Bertz CT molecular complexity index is 251. The van der Waals surface area contributed by atoms with Crippen LogP contribution in [0.25, 0.3) is 0 Å². The minimum atomic E-state index is -0.189. The number of nitrogens with zero attached hydrogens (tertiary/aromatic N) is 1. The van der Waals surface area contributed by atoms with Crippen LogP contribution in [0.4, 0.5) is 0 Å². The van der Waals surface area contributed by atoms with Crippen LogP contribution < -0.4 is 0 Å². The summed E-state index contributed by atoms with van der Waals surface area (Å²) in [6, 6.07) is -0.189. The van der Waals surface area contributed by atoms with Crippen molar-refractivity contribution in [3.05, 3.63) is 0 Å². The van der Waals surface area contributed by atoms with Crippen molar-refractivity contribution >= 4 is 11.7 Å². The van der Waals surface area contributed by atoms with Crippen molar-refractivity contribution in [2.75, 3.05) is 7.11 Å². The molecule has 2 aliphatic heterocycles. The van der Waals surface area contributed by atoms with E-state index in [1.807, 2.05) is 0 Å². The van der Waals surface area contributed by atoms with E-state index in [1.54, 1.807) is 12.0 Å². The summed E-state index contributed by atoms with van der Waals surface area (Å²) < 4.78 is 5.18. The molecule has 2 aliphatic rings. The zero-order valence-electron chi connectivity index (χ0n) is 7.66. The molecule has 2 fully saturated rings. The van der Waals surface area contributed by atoms with E-state index in [0.717, 1.165) is 0 Å². The van der Waals surface area contributed by atoms with E-state index in [2.05, 4.69) is 0 Å². The first-order valence-electron chi connectivity index (χ1n) is 4.60. The standard InChI is InChI=1S/C9H13NO3/c1-13-9-5-3-7(11)6-2-4-8(12)10(6)9/h6,9H,2-5H2,1H3/t6-,9-/m1/s1. The van der Waals surface area contributed by atoms with Crippen molar-refractivity contribution in [1.29, 1.82) is 0 Å². The summed E-state index contributed by atoms with van der Waals surface area (Å²) in [5, 5.41) is 0. The van der Waals surface area contributed by atoms with Gasteiger partial charge < -0.3 is 9.64 Å². The van der Waals surface area contributed by atoms with Crippen molar-refractivity contribution in [3.63, 3.8) is 0 Å². The van der Waals surface area contributed by atoms with Gasteiger partial charge in [0.15, 0.2) is 5.78 Å². The number of carbonyl (C=O) groups excluding carboxylic acids is 2. The molecule has 13 heavy (non-hydrogen) atoms. The molecule has 0 aromatic carbocycles. The van der Waals surface area contributed by atoms with E-state index >= 15 is 0 Å². The van der Waals surface area contributed by atoms with Crippen molar-refractivity contribution in [3.8, 4) is 0 Å². The molecule has 0 N–H and O–H groups in total. The van der Waals surface area contributed by atoms with E-state index in [0.29, 0.717) is 25.7 Å². The van der Waals surface area contributed by atoms with Gasteiger partial charge in [-0.25, -0.2) is 0 Å². The molecule has 0 radical (unpaired) electrons. The molecule has 72 valence electrons. The quantitative estimate of drug-likeness (QED) is 0.588. The molecular weight excluding hydrogens is 170 g/mol. The summed E-state index contributed by atoms with van der Waals surface area (Å²) in [5.74, 6) is 0.254. The Morgan fingerprint density at radius 3 is 2.77 bits per heavy atom. The monoisotopic (exact) mass is 183 g/mol. The maximum atomic E-state index is 11.4. The third-order valence-electron chi connectivity index (χ3n) is 2.85. The summed E-state index contributed by atoms with van der Waals surface area (Å²) >= 11 is 0. The first-order chi connectivity index (χ1) is 6.24. The second-order valence-electron chi connectivity index (χ2n) is 3.55. The van der Waals surface area contributed by atoms with Gasteiger partial charge in [0.2, 0.25) is 5.91 Å². The number of Topliss-reactive ketones (excluding diaryl/α,β-unsaturated/α-hetero) is 1. The molecule has 0 unspecified atom stereocenters. The van der Waals surface area contributed by atoms with Crippen LogP contribution in [0.15, 0.2) is 0 Å². The van der Waals surface area contributed by atoms with Crippen LogP contribution >= 0.6 is 0 Å². The van der Waals surface area contributed by atoms with Crippen LogP contribution in [0.1, 0.15) is 25.7 Å². The zero-order chi connectivity index (χ0) is 9.42. The van der Waals surface area contributed by atoms with Gasteiger partial charge in [-0.05, 0) is 12.8 Å². The number of methoxy groups -OCH3 is 1. The number of carbonyl (C=O) groups is 2. The van der Waals surface area contributed by atoms with Crippen LogP contribution in [-0.2, 0) is 14.3 Å². The molecule has 2 saturated heterocycles. The fourth-order valence-corrected chi connectivity index (χ4v) is 2.18. The van der Waals surface area contributed by atoms with Crippen molar-refractivity contribution < 1.29 is 14.3 Å². The summed E-state index contributed by atoms with van der Waals surface area (Å²) in [7, 11) is 1.59. The minimum Gasteiger partial charge on any atom is -0.361 e. The van der Waals surface area contributed by atoms with Gasteiger partial charge >= 0.3 is 0 Å². The Morgan fingerprint density at radius 2 is 2.08 bits per heavy atom. The normalized spacial score (nSPS) is 33.8. The van der Waals surface area contributed by atoms with Gasteiger partial charge in [0.1, 0.15) is 6.23 Å². The van der Waals surface area contributed by atoms with Gasteiger partial charge in [-0.2, -0.15) is 0 Å². The third-order valence-corrected chi connectivity index (χ3v) is 2.85. The number of hydrogen-bond donors (Lipinski definition) is 0. The molecule has 1 amide bonds. The lowest BCUT2D eigenvalue weighted by atomic mass is 10.0. The summed E-state index contributed by atoms with van der Waals surface area (Å²) in [6.07, 6.45) is 2.20. The lowest BCUT2D eigenvalue weighted by Crippen LogP contribution is -2.50. The molecule has 0 aliphatic carbocycles. The van der Waals surface area contributed by atoms with E-state index in [-0.39, 0.29) is 24.0 Å². The predicted molar refractivity (Wildman–Crippen MR) is 44.9 cm³/mol. The maximum absolute atomic E-state index is 11.4. The second-order valence-corrected chi connectivity index (χ2v) is 3.55. The average Bonchev–Trinajstić information content (AvgIpc) is 2.51. The SMILES string of the molecule is CO[C@@H]1CCC(=O)[C@H]2CCC(=O)N21. The Balaban J connectivity index is 2.21. The number of piperidine rings is 1. The lowest BCUT2D eigenvalue weighted by Gasteiger charge is -2.35. The predicted octanol–water partition coefficient (Wildman–Crippen LogP) is 0.313. The van der Waals surface area contributed by atoms with Gasteiger partial charge in [0.25, 0.3) is 0 Å². The molecule has 0 saturated carbocycles. The molecule has 4 nitrogen and oxygen atoms in total. The van der Waals surface area contributed by atoms with Crippen LogP contribution in [0, 0.1) is 0 Å². The fraction of sp³-hybridized carbons (Fsp3) is 0.778. The molecule has 4 heteroatoms. The van der Waals surface area contributed by atoms with Gasteiger partial charge in [-0.15, -0.1) is 0 Å². The smallest absolute Gasteiger partial charge is 0.225 e. The number of fused-ring (bicyclic) bond motifs is 1.